The predicted octanol–water partition coefficient (Wildman–Crippen LogP) is 3.41. The Bertz CT molecular complexity index is 1220. The summed E-state index contributed by atoms with van der Waals surface area (Å²) < 4.78 is 69.9. The maximum atomic E-state index is 13.0. The summed E-state index contributed by atoms with van der Waals surface area (Å²) in [5.41, 5.74) is 1.17. The van der Waals surface area contributed by atoms with E-state index in [0.29, 0.717) is 11.1 Å². The van der Waals surface area contributed by atoms with Crippen molar-refractivity contribution in [2.45, 2.75) is 24.9 Å². The molecule has 0 saturated carbocycles. The van der Waals surface area contributed by atoms with Crippen LogP contribution in [-0.2, 0) is 30.5 Å². The third-order valence-corrected chi connectivity index (χ3v) is 7.59. The molecule has 1 amide bonds. The van der Waals surface area contributed by atoms with Crippen molar-refractivity contribution in [1.82, 2.24) is 9.21 Å². The number of sulfonamides is 1. The van der Waals surface area contributed by atoms with Crippen LogP contribution in [0.25, 0.3) is 6.08 Å². The van der Waals surface area contributed by atoms with Gasteiger partial charge in [0.1, 0.15) is 0 Å². The van der Waals surface area contributed by atoms with Gasteiger partial charge in [0.25, 0.3) is 5.91 Å². The van der Waals surface area contributed by atoms with Gasteiger partial charge in [0, 0.05) is 32.3 Å². The lowest BCUT2D eigenvalue weighted by Gasteiger charge is -2.34. The molecule has 0 radical (unpaired) electrons. The summed E-state index contributed by atoms with van der Waals surface area (Å²) in [6.07, 6.45) is -2.15. The second-order valence-electron chi connectivity index (χ2n) is 8.11. The number of rotatable bonds is 6. The molecule has 3 rings (SSSR count). The fourth-order valence-corrected chi connectivity index (χ4v) is 5.25. The minimum Gasteiger partial charge on any atom is -0.452 e. The molecule has 11 heteroatoms. The average molecular weight is 511 g/mol. The fraction of sp³-hybridized carbons (Fsp3) is 0.333. The quantitative estimate of drug-likeness (QED) is 0.439. The lowest BCUT2D eigenvalue weighted by molar-refractivity contribution is -0.148. The first-order valence-corrected chi connectivity index (χ1v) is 12.2. The van der Waals surface area contributed by atoms with E-state index in [1.165, 1.54) is 27.4 Å². The topological polar surface area (TPSA) is 84.0 Å². The molecule has 1 heterocycles. The Morgan fingerprint density at radius 3 is 2.20 bits per heavy atom. The lowest BCUT2D eigenvalue weighted by Crippen LogP contribution is -2.51. The van der Waals surface area contributed by atoms with Crippen LogP contribution in [0.2, 0.25) is 0 Å². The molecule has 0 atom stereocenters. The largest absolute Gasteiger partial charge is 0.452 e. The summed E-state index contributed by atoms with van der Waals surface area (Å²) in [4.78, 5) is 25.9. The second-order valence-corrected chi connectivity index (χ2v) is 10.0. The summed E-state index contributed by atoms with van der Waals surface area (Å²) in [6, 6.07) is 9.33. The van der Waals surface area contributed by atoms with E-state index in [4.69, 9.17) is 4.74 Å². The Morgan fingerprint density at radius 1 is 1.00 bits per heavy atom. The molecule has 2 aromatic rings. The van der Waals surface area contributed by atoms with Crippen molar-refractivity contribution in [2.24, 2.45) is 0 Å². The molecule has 2 aromatic carbocycles. The van der Waals surface area contributed by atoms with Crippen LogP contribution in [0.4, 0.5) is 13.2 Å². The van der Waals surface area contributed by atoms with E-state index < -0.39 is 40.2 Å². The Morgan fingerprint density at radius 2 is 1.63 bits per heavy atom. The summed E-state index contributed by atoms with van der Waals surface area (Å²) in [7, 11) is -3.69. The van der Waals surface area contributed by atoms with Gasteiger partial charge in [0.15, 0.2) is 6.61 Å². The van der Waals surface area contributed by atoms with E-state index in [0.717, 1.165) is 23.8 Å². The molecule has 0 spiro atoms. The molecular formula is C24H25F3N2O5S. The van der Waals surface area contributed by atoms with E-state index in [9.17, 15) is 31.2 Å². The summed E-state index contributed by atoms with van der Waals surface area (Å²) >= 11 is 0. The van der Waals surface area contributed by atoms with Crippen molar-refractivity contribution >= 4 is 28.0 Å². The van der Waals surface area contributed by atoms with E-state index in [2.05, 4.69) is 0 Å². The van der Waals surface area contributed by atoms with Crippen LogP contribution in [0.5, 0.6) is 0 Å². The molecule has 0 N–H and O–H groups in total. The van der Waals surface area contributed by atoms with Gasteiger partial charge >= 0.3 is 12.1 Å². The summed E-state index contributed by atoms with van der Waals surface area (Å²) in [5.74, 6) is -1.29. The zero-order valence-electron chi connectivity index (χ0n) is 19.2. The first-order chi connectivity index (χ1) is 16.4. The number of hydrogen-bond donors (Lipinski definition) is 0. The molecule has 0 unspecified atom stereocenters. The first-order valence-electron chi connectivity index (χ1n) is 10.8. The smallest absolute Gasteiger partial charge is 0.416 e. The van der Waals surface area contributed by atoms with Crippen LogP contribution in [-0.4, -0.2) is 62.3 Å². The molecule has 1 saturated heterocycles. The monoisotopic (exact) mass is 510 g/mol. The van der Waals surface area contributed by atoms with Crippen LogP contribution in [0.3, 0.4) is 0 Å². The maximum Gasteiger partial charge on any atom is 0.416 e. The van der Waals surface area contributed by atoms with Gasteiger partial charge in [0.2, 0.25) is 10.0 Å². The Hall–Kier alpha value is -3.18. The highest BCUT2D eigenvalue weighted by Gasteiger charge is 2.31. The van der Waals surface area contributed by atoms with Gasteiger partial charge in [-0.2, -0.15) is 17.5 Å². The number of hydrogen-bond acceptors (Lipinski definition) is 5. The zero-order chi connectivity index (χ0) is 25.8. The molecule has 1 aliphatic heterocycles. The highest BCUT2D eigenvalue weighted by molar-refractivity contribution is 7.89. The molecular weight excluding hydrogens is 485 g/mol. The minimum atomic E-state index is -4.45. The van der Waals surface area contributed by atoms with Crippen molar-refractivity contribution in [2.75, 3.05) is 32.8 Å². The number of carbonyl (C=O) groups is 2. The van der Waals surface area contributed by atoms with Crippen LogP contribution in [0, 0.1) is 13.8 Å². The number of nitrogens with zero attached hydrogens (tertiary/aromatic N) is 2. The van der Waals surface area contributed by atoms with E-state index in [1.807, 2.05) is 6.92 Å². The average Bonchev–Trinajstić information content (AvgIpc) is 2.80. The second kappa shape index (κ2) is 10.6. The SMILES string of the molecule is Cc1ccc(S(=O)(=O)N2CCN(C(=O)COC(=O)/C=C/c3ccc(C(F)(F)F)cc3)CC2)c(C)c1. The third kappa shape index (κ3) is 6.70. The lowest BCUT2D eigenvalue weighted by atomic mass is 10.1. The number of amides is 1. The minimum absolute atomic E-state index is 0.114. The van der Waals surface area contributed by atoms with Crippen molar-refractivity contribution in [3.05, 3.63) is 70.8 Å². The van der Waals surface area contributed by atoms with Gasteiger partial charge in [-0.05, 0) is 49.2 Å². The van der Waals surface area contributed by atoms with Gasteiger partial charge in [-0.25, -0.2) is 13.2 Å². The number of esters is 1. The highest BCUT2D eigenvalue weighted by Crippen LogP contribution is 2.29. The zero-order valence-corrected chi connectivity index (χ0v) is 20.0. The number of aryl methyl sites for hydroxylation is 2. The van der Waals surface area contributed by atoms with Gasteiger partial charge < -0.3 is 9.64 Å². The third-order valence-electron chi connectivity index (χ3n) is 5.53. The Labute approximate surface area is 201 Å². The van der Waals surface area contributed by atoms with Crippen LogP contribution in [0.1, 0.15) is 22.3 Å². The van der Waals surface area contributed by atoms with E-state index in [1.54, 1.807) is 25.1 Å². The van der Waals surface area contributed by atoms with Crippen molar-refractivity contribution in [3.63, 3.8) is 0 Å². The van der Waals surface area contributed by atoms with Gasteiger partial charge in [-0.3, -0.25) is 4.79 Å². The Kier molecular flexibility index (Phi) is 8.01. The fourth-order valence-electron chi connectivity index (χ4n) is 3.63. The Balaban J connectivity index is 1.48. The number of ether oxygens (including phenoxy) is 1. The van der Waals surface area contributed by atoms with Crippen molar-refractivity contribution < 1.29 is 35.9 Å². The normalized spacial score (nSPS) is 15.4. The predicted molar refractivity (Wildman–Crippen MR) is 123 cm³/mol. The molecule has 7 nitrogen and oxygen atoms in total. The van der Waals surface area contributed by atoms with Crippen molar-refractivity contribution in [1.29, 1.82) is 0 Å². The van der Waals surface area contributed by atoms with Crippen LogP contribution in [0.15, 0.2) is 53.4 Å². The number of piperazine rings is 1. The van der Waals surface area contributed by atoms with Gasteiger partial charge in [0.05, 0.1) is 10.5 Å². The summed E-state index contributed by atoms with van der Waals surface area (Å²) in [5, 5.41) is 0. The molecule has 0 bridgehead atoms. The number of carbonyl (C=O) groups excluding carboxylic acids is 2. The number of benzene rings is 2. The van der Waals surface area contributed by atoms with E-state index >= 15 is 0 Å². The molecule has 0 aliphatic carbocycles. The molecule has 35 heavy (non-hydrogen) atoms. The van der Waals surface area contributed by atoms with Crippen LogP contribution >= 0.6 is 0 Å². The first kappa shape index (κ1) is 26.4. The van der Waals surface area contributed by atoms with Crippen LogP contribution < -0.4 is 0 Å². The number of halogens is 3. The van der Waals surface area contributed by atoms with E-state index in [-0.39, 0.29) is 31.1 Å². The standard InChI is InChI=1S/C24H25F3N2O5S/c1-17-3-9-21(18(2)15-17)35(32,33)29-13-11-28(12-14-29)22(30)16-34-23(31)10-6-19-4-7-20(8-5-19)24(25,26)27/h3-10,15H,11-14,16H2,1-2H3/b10-6+. The molecule has 188 valence electrons. The molecule has 0 aromatic heterocycles. The molecule has 1 fully saturated rings. The van der Waals surface area contributed by atoms with Gasteiger partial charge in [-0.15, -0.1) is 0 Å². The highest BCUT2D eigenvalue weighted by atomic mass is 32.2. The molecule has 1 aliphatic rings. The van der Waals surface area contributed by atoms with Crippen molar-refractivity contribution in [3.8, 4) is 0 Å². The van der Waals surface area contributed by atoms with Gasteiger partial charge in [-0.1, -0.05) is 29.8 Å². The summed E-state index contributed by atoms with van der Waals surface area (Å²) in [6.45, 7) is 3.63. The number of alkyl halides is 3. The maximum absolute atomic E-state index is 13.0.